The lowest BCUT2D eigenvalue weighted by Crippen LogP contribution is -2.19. The number of esters is 2. The first kappa shape index (κ1) is 38.0. The van der Waals surface area contributed by atoms with Crippen molar-refractivity contribution in [1.82, 2.24) is 0 Å². The quantitative estimate of drug-likeness (QED) is 0.220. The molecule has 0 radical (unpaired) electrons. The first-order valence-corrected chi connectivity index (χ1v) is 16.4. The van der Waals surface area contributed by atoms with Crippen LogP contribution in [0.3, 0.4) is 0 Å². The van der Waals surface area contributed by atoms with Gasteiger partial charge in [0, 0.05) is 10.8 Å². The average molecular weight is 639 g/mol. The van der Waals surface area contributed by atoms with Gasteiger partial charge >= 0.3 is 11.9 Å². The molecule has 45 heavy (non-hydrogen) atoms. The summed E-state index contributed by atoms with van der Waals surface area (Å²) in [5.74, 6) is -1.38. The SMILES string of the molecule is CC(C(=O)OC=CSC=COC(=O)C(C)c1cc(C(C)(C)C)c(O)c(C(C)(C)C)c1)c1cc(C(C)(C)C)c(O)c(C(C)(C)C)c1. The molecule has 6 nitrogen and oxygen atoms in total. The van der Waals surface area contributed by atoms with Gasteiger partial charge in [0.25, 0.3) is 0 Å². The fourth-order valence-electron chi connectivity index (χ4n) is 4.88. The highest BCUT2D eigenvalue weighted by Crippen LogP contribution is 2.42. The molecule has 2 atom stereocenters. The molecule has 0 bridgehead atoms. The van der Waals surface area contributed by atoms with Crippen LogP contribution in [0.25, 0.3) is 0 Å². The minimum absolute atomic E-state index is 0.268. The molecule has 2 N–H and O–H groups in total. The Morgan fingerprint density at radius 2 is 0.822 bits per heavy atom. The molecule has 7 heteroatoms. The number of phenolic OH excluding ortho intramolecular Hbond substituents is 2. The van der Waals surface area contributed by atoms with E-state index < -0.39 is 23.8 Å². The molecule has 2 aromatic rings. The maximum Gasteiger partial charge on any atom is 0.317 e. The minimum atomic E-state index is -0.544. The Morgan fingerprint density at radius 1 is 0.578 bits per heavy atom. The molecule has 2 rings (SSSR count). The number of carbonyl (C=O) groups excluding carboxylic acids is 2. The van der Waals surface area contributed by atoms with Crippen LogP contribution >= 0.6 is 11.8 Å². The van der Waals surface area contributed by atoms with Crippen molar-refractivity contribution in [3.8, 4) is 11.5 Å². The second-order valence-electron chi connectivity index (χ2n) is 15.9. The third-order valence-electron chi connectivity index (χ3n) is 7.84. The standard InChI is InChI=1S/C38H54O6S/c1-23(25-19-27(35(3,4)5)31(39)28(20-25)36(6,7)8)33(41)43-15-17-45-18-16-44-34(42)24(2)26-21-29(37(9,10)11)32(40)30(22-26)38(12,13)14/h15-24,39-40H,1-14H3. The summed E-state index contributed by atoms with van der Waals surface area (Å²) in [6.07, 6.45) is 2.62. The molecule has 0 aliphatic rings. The molecular weight excluding hydrogens is 584 g/mol. The molecule has 0 spiro atoms. The van der Waals surface area contributed by atoms with Crippen molar-refractivity contribution in [3.05, 3.63) is 81.0 Å². The molecule has 0 aliphatic carbocycles. The number of thioether (sulfide) groups is 1. The third kappa shape index (κ3) is 9.90. The summed E-state index contributed by atoms with van der Waals surface area (Å²) in [6.45, 7) is 28.0. The van der Waals surface area contributed by atoms with Gasteiger partial charge in [-0.15, -0.1) is 0 Å². The first-order chi connectivity index (χ1) is 20.4. The Morgan fingerprint density at radius 3 is 1.04 bits per heavy atom. The van der Waals surface area contributed by atoms with Gasteiger partial charge in [-0.2, -0.15) is 0 Å². The highest BCUT2D eigenvalue weighted by atomic mass is 32.2. The molecule has 0 saturated carbocycles. The van der Waals surface area contributed by atoms with E-state index in [4.69, 9.17) is 9.47 Å². The number of hydrogen-bond acceptors (Lipinski definition) is 7. The Bertz CT molecular complexity index is 1260. The lowest BCUT2D eigenvalue weighted by molar-refractivity contribution is -0.140. The van der Waals surface area contributed by atoms with Gasteiger partial charge in [0.1, 0.15) is 24.0 Å². The Labute approximate surface area is 275 Å². The zero-order chi connectivity index (χ0) is 34.7. The van der Waals surface area contributed by atoms with Crippen LogP contribution in [0.5, 0.6) is 11.5 Å². The summed E-state index contributed by atoms with van der Waals surface area (Å²) >= 11 is 1.20. The van der Waals surface area contributed by atoms with Gasteiger partial charge in [-0.05, 0) is 68.9 Å². The highest BCUT2D eigenvalue weighted by Gasteiger charge is 2.30. The molecule has 0 heterocycles. The normalized spacial score (nSPS) is 14.5. The van der Waals surface area contributed by atoms with E-state index in [1.54, 1.807) is 24.7 Å². The maximum absolute atomic E-state index is 12.9. The van der Waals surface area contributed by atoms with E-state index in [2.05, 4.69) is 0 Å². The van der Waals surface area contributed by atoms with Crippen LogP contribution in [-0.4, -0.2) is 22.2 Å². The lowest BCUT2D eigenvalue weighted by Gasteiger charge is -2.29. The zero-order valence-corrected chi connectivity index (χ0v) is 30.5. The van der Waals surface area contributed by atoms with E-state index in [0.717, 1.165) is 33.4 Å². The van der Waals surface area contributed by atoms with Crippen molar-refractivity contribution >= 4 is 23.7 Å². The van der Waals surface area contributed by atoms with Crippen molar-refractivity contribution in [2.75, 3.05) is 0 Å². The molecule has 0 aromatic heterocycles. The van der Waals surface area contributed by atoms with Gasteiger partial charge in [0.05, 0.1) is 11.8 Å². The fourth-order valence-corrected chi connectivity index (χ4v) is 5.21. The number of benzene rings is 2. The Kier molecular flexibility index (Phi) is 11.9. The lowest BCUT2D eigenvalue weighted by atomic mass is 9.77. The molecular formula is C38H54O6S. The number of ether oxygens (including phenoxy) is 2. The molecule has 0 fully saturated rings. The second kappa shape index (κ2) is 14.1. The Hall–Kier alpha value is -3.19. The zero-order valence-electron chi connectivity index (χ0n) is 29.7. The van der Waals surface area contributed by atoms with Gasteiger partial charge in [0.2, 0.25) is 0 Å². The van der Waals surface area contributed by atoms with Gasteiger partial charge in [-0.25, -0.2) is 0 Å². The predicted molar refractivity (Wildman–Crippen MR) is 186 cm³/mol. The largest absolute Gasteiger partial charge is 0.507 e. The van der Waals surface area contributed by atoms with Crippen molar-refractivity contribution < 1.29 is 29.3 Å². The van der Waals surface area contributed by atoms with Crippen LogP contribution in [0.15, 0.2) is 47.6 Å². The number of phenols is 2. The summed E-state index contributed by atoms with van der Waals surface area (Å²) in [4.78, 5) is 25.8. The van der Waals surface area contributed by atoms with Crippen LogP contribution < -0.4 is 0 Å². The summed E-state index contributed by atoms with van der Waals surface area (Å²) < 4.78 is 10.8. The van der Waals surface area contributed by atoms with Gasteiger partial charge in [-0.1, -0.05) is 119 Å². The van der Waals surface area contributed by atoms with Crippen LogP contribution in [0, 0.1) is 0 Å². The fraction of sp³-hybridized carbons (Fsp3) is 0.526. The van der Waals surface area contributed by atoms with Crippen LogP contribution in [0.4, 0.5) is 0 Å². The monoisotopic (exact) mass is 638 g/mol. The topological polar surface area (TPSA) is 93.1 Å². The maximum atomic E-state index is 12.9. The number of carbonyl (C=O) groups is 2. The third-order valence-corrected chi connectivity index (χ3v) is 8.38. The summed E-state index contributed by atoms with van der Waals surface area (Å²) in [5, 5.41) is 25.1. The van der Waals surface area contributed by atoms with Gasteiger partial charge in [0.15, 0.2) is 0 Å². The van der Waals surface area contributed by atoms with Gasteiger partial charge < -0.3 is 19.7 Å². The molecule has 2 aromatic carbocycles. The van der Waals surface area contributed by atoms with Crippen molar-refractivity contribution in [3.63, 3.8) is 0 Å². The highest BCUT2D eigenvalue weighted by molar-refractivity contribution is 8.04. The van der Waals surface area contributed by atoms with Crippen LogP contribution in [0.1, 0.15) is 142 Å². The number of aromatic hydroxyl groups is 2. The number of hydrogen-bond donors (Lipinski definition) is 2. The minimum Gasteiger partial charge on any atom is -0.507 e. The molecule has 0 amide bonds. The van der Waals surface area contributed by atoms with Crippen molar-refractivity contribution in [2.45, 2.75) is 130 Å². The van der Waals surface area contributed by atoms with Crippen LogP contribution in [0.2, 0.25) is 0 Å². The van der Waals surface area contributed by atoms with E-state index in [1.807, 2.05) is 107 Å². The summed E-state index contributed by atoms with van der Waals surface area (Å²) in [5.41, 5.74) is 3.52. The molecule has 2 unspecified atom stereocenters. The van der Waals surface area contributed by atoms with E-state index in [0.29, 0.717) is 0 Å². The van der Waals surface area contributed by atoms with E-state index in [1.165, 1.54) is 24.3 Å². The first-order valence-electron chi connectivity index (χ1n) is 15.5. The number of rotatable bonds is 8. The average Bonchev–Trinajstić information content (AvgIpc) is 2.89. The molecule has 248 valence electrons. The molecule has 0 aliphatic heterocycles. The van der Waals surface area contributed by atoms with Crippen LogP contribution in [-0.2, 0) is 40.7 Å². The summed E-state index contributed by atoms with van der Waals surface area (Å²) in [7, 11) is 0. The van der Waals surface area contributed by atoms with Crippen molar-refractivity contribution in [2.24, 2.45) is 0 Å². The van der Waals surface area contributed by atoms with Crippen molar-refractivity contribution in [1.29, 1.82) is 0 Å². The van der Waals surface area contributed by atoms with E-state index in [-0.39, 0.29) is 33.2 Å². The molecule has 0 saturated heterocycles. The predicted octanol–water partition coefficient (Wildman–Crippen LogP) is 9.96. The van der Waals surface area contributed by atoms with E-state index in [9.17, 15) is 19.8 Å². The smallest absolute Gasteiger partial charge is 0.317 e. The second-order valence-corrected chi connectivity index (χ2v) is 16.7. The summed E-state index contributed by atoms with van der Waals surface area (Å²) in [6, 6.07) is 7.55. The Balaban J connectivity index is 2.06. The van der Waals surface area contributed by atoms with Gasteiger partial charge in [-0.3, -0.25) is 9.59 Å². The van der Waals surface area contributed by atoms with E-state index >= 15 is 0 Å².